The molecule has 5 atom stereocenters. The first-order valence-electron chi connectivity index (χ1n) is 15.0. The van der Waals surface area contributed by atoms with Gasteiger partial charge in [0, 0.05) is 41.6 Å². The van der Waals surface area contributed by atoms with Gasteiger partial charge in [0.2, 0.25) is 5.91 Å². The van der Waals surface area contributed by atoms with Crippen LogP contribution in [0.3, 0.4) is 0 Å². The normalized spacial score (nSPS) is 26.5. The molecule has 5 rings (SSSR count). The zero-order valence-electron chi connectivity index (χ0n) is 25.2. The maximum atomic E-state index is 14.4. The molecule has 232 valence electrons. The van der Waals surface area contributed by atoms with Crippen molar-refractivity contribution in [2.75, 3.05) is 25.2 Å². The first-order chi connectivity index (χ1) is 20.4. The quantitative estimate of drug-likeness (QED) is 0.243. The van der Waals surface area contributed by atoms with E-state index in [4.69, 9.17) is 21.1 Å². The molecule has 0 aromatic heterocycles. The number of aliphatic hydroxyl groups excluding tert-OH is 1. The number of amides is 2. The highest BCUT2D eigenvalue weighted by Gasteiger charge is 2.66. The fourth-order valence-corrected chi connectivity index (χ4v) is 10.2. The number of fused-ring (bicyclic) bond motifs is 3. The van der Waals surface area contributed by atoms with E-state index in [2.05, 4.69) is 0 Å². The third kappa shape index (κ3) is 5.75. The first-order valence-corrected chi connectivity index (χ1v) is 18.4. The Bertz CT molecular complexity index is 1400. The largest absolute Gasteiger partial charge is 0.469 e. The van der Waals surface area contributed by atoms with Gasteiger partial charge in [-0.05, 0) is 61.7 Å². The Balaban J connectivity index is 1.45. The molecule has 3 aliphatic rings. The van der Waals surface area contributed by atoms with E-state index in [1.165, 1.54) is 7.11 Å². The average Bonchev–Trinajstić information content (AvgIpc) is 3.40. The van der Waals surface area contributed by atoms with E-state index >= 15 is 0 Å². The lowest BCUT2D eigenvalue weighted by molar-refractivity contribution is -0.151. The molecule has 0 bridgehead atoms. The highest BCUT2D eigenvalue weighted by Crippen LogP contribution is 2.60. The van der Waals surface area contributed by atoms with Crippen molar-refractivity contribution in [2.24, 2.45) is 5.92 Å². The summed E-state index contributed by atoms with van der Waals surface area (Å²) < 4.78 is 11.5. The SMILES string of the molecule is COC(=O)CCCCN1C(=O)[C@@]2(O[C@@H](CC(=O)N3Cc4ccccc4C[C@H]3CO)[C@H]([Si](C)(C)O)[C@H]2C)c2cc(Cl)ccc21. The van der Waals surface area contributed by atoms with Crippen LogP contribution >= 0.6 is 11.6 Å². The summed E-state index contributed by atoms with van der Waals surface area (Å²) in [6.07, 6.45) is 1.23. The Morgan fingerprint density at radius 2 is 1.88 bits per heavy atom. The van der Waals surface area contributed by atoms with Gasteiger partial charge in [0.05, 0.1) is 38.0 Å². The van der Waals surface area contributed by atoms with Gasteiger partial charge in [-0.3, -0.25) is 14.4 Å². The van der Waals surface area contributed by atoms with Gasteiger partial charge in [0.15, 0.2) is 13.9 Å². The van der Waals surface area contributed by atoms with E-state index in [1.54, 1.807) is 21.9 Å². The minimum atomic E-state index is -2.98. The highest BCUT2D eigenvalue weighted by molar-refractivity contribution is 6.71. The molecule has 0 unspecified atom stereocenters. The molecule has 2 amide bonds. The molecule has 9 nitrogen and oxygen atoms in total. The number of carbonyl (C=O) groups excluding carboxylic acids is 3. The average molecular weight is 629 g/mol. The topological polar surface area (TPSA) is 117 Å². The molecular formula is C32H41ClN2O7Si. The molecular weight excluding hydrogens is 588 g/mol. The summed E-state index contributed by atoms with van der Waals surface area (Å²) in [5.74, 6) is -1.15. The fraction of sp³-hybridized carbons (Fsp3) is 0.531. The Morgan fingerprint density at radius 3 is 2.56 bits per heavy atom. The smallest absolute Gasteiger partial charge is 0.305 e. The van der Waals surface area contributed by atoms with Gasteiger partial charge in [0.25, 0.3) is 5.91 Å². The van der Waals surface area contributed by atoms with Crippen molar-refractivity contribution < 1.29 is 33.8 Å². The van der Waals surface area contributed by atoms with E-state index in [0.29, 0.717) is 48.6 Å². The molecule has 43 heavy (non-hydrogen) atoms. The Labute approximate surface area is 258 Å². The second kappa shape index (κ2) is 12.3. The van der Waals surface area contributed by atoms with Crippen molar-refractivity contribution in [2.45, 2.75) is 82.0 Å². The number of rotatable bonds is 9. The number of carbonyl (C=O) groups is 3. The minimum absolute atomic E-state index is 0.0191. The second-order valence-electron chi connectivity index (χ2n) is 12.5. The van der Waals surface area contributed by atoms with Crippen molar-refractivity contribution >= 4 is 43.4 Å². The van der Waals surface area contributed by atoms with Gasteiger partial charge in [-0.1, -0.05) is 42.8 Å². The number of nitrogens with zero attached hydrogens (tertiary/aromatic N) is 2. The molecule has 2 aromatic carbocycles. The summed E-state index contributed by atoms with van der Waals surface area (Å²) >= 11 is 6.47. The van der Waals surface area contributed by atoms with E-state index in [0.717, 1.165) is 11.1 Å². The maximum absolute atomic E-state index is 14.4. The zero-order chi connectivity index (χ0) is 31.1. The molecule has 1 fully saturated rings. The summed E-state index contributed by atoms with van der Waals surface area (Å²) in [5.41, 5.74) is 1.67. The van der Waals surface area contributed by atoms with Crippen LogP contribution < -0.4 is 4.90 Å². The molecule has 11 heteroatoms. The van der Waals surface area contributed by atoms with Gasteiger partial charge in [-0.25, -0.2) is 0 Å². The predicted octanol–water partition coefficient (Wildman–Crippen LogP) is 4.16. The minimum Gasteiger partial charge on any atom is -0.469 e. The second-order valence-corrected chi connectivity index (χ2v) is 17.0. The van der Waals surface area contributed by atoms with Crippen LogP contribution in [-0.4, -0.2) is 73.3 Å². The van der Waals surface area contributed by atoms with Crippen LogP contribution in [0.5, 0.6) is 0 Å². The van der Waals surface area contributed by atoms with E-state index in [-0.39, 0.29) is 43.3 Å². The number of halogens is 1. The lowest BCUT2D eigenvalue weighted by Crippen LogP contribution is -2.48. The van der Waals surface area contributed by atoms with Crippen LogP contribution in [-0.2, 0) is 42.4 Å². The molecule has 2 aromatic rings. The summed E-state index contributed by atoms with van der Waals surface area (Å²) in [6, 6.07) is 12.9. The van der Waals surface area contributed by atoms with Gasteiger partial charge in [-0.15, -0.1) is 0 Å². The number of methoxy groups -OCH3 is 1. The number of hydrogen-bond acceptors (Lipinski definition) is 7. The van der Waals surface area contributed by atoms with Crippen molar-refractivity contribution in [3.63, 3.8) is 0 Å². The van der Waals surface area contributed by atoms with Crippen LogP contribution in [0.2, 0.25) is 23.7 Å². The van der Waals surface area contributed by atoms with Gasteiger partial charge in [0.1, 0.15) is 0 Å². The van der Waals surface area contributed by atoms with Crippen LogP contribution in [0.15, 0.2) is 42.5 Å². The third-order valence-corrected chi connectivity index (χ3v) is 12.2. The summed E-state index contributed by atoms with van der Waals surface area (Å²) in [4.78, 5) is 54.9. The molecule has 1 saturated heterocycles. The number of aliphatic hydroxyl groups is 1. The zero-order valence-corrected chi connectivity index (χ0v) is 27.0. The summed E-state index contributed by atoms with van der Waals surface area (Å²) in [5, 5.41) is 10.6. The van der Waals surface area contributed by atoms with E-state index < -0.39 is 31.5 Å². The Morgan fingerprint density at radius 1 is 1.16 bits per heavy atom. The van der Waals surface area contributed by atoms with E-state index in [9.17, 15) is 24.3 Å². The molecule has 0 radical (unpaired) electrons. The lowest BCUT2D eigenvalue weighted by Gasteiger charge is -2.37. The number of hydrogen-bond donors (Lipinski definition) is 2. The number of esters is 1. The van der Waals surface area contributed by atoms with Gasteiger partial charge in [-0.2, -0.15) is 0 Å². The number of ether oxygens (including phenoxy) is 2. The van der Waals surface area contributed by atoms with Crippen LogP contribution in [0, 0.1) is 5.92 Å². The number of anilines is 1. The van der Waals surface area contributed by atoms with Crippen LogP contribution in [0.1, 0.15) is 49.3 Å². The molecule has 0 aliphatic carbocycles. The predicted molar refractivity (Wildman–Crippen MR) is 165 cm³/mol. The number of benzene rings is 2. The molecule has 1 spiro atoms. The highest BCUT2D eigenvalue weighted by atomic mass is 35.5. The lowest BCUT2D eigenvalue weighted by atomic mass is 9.82. The monoisotopic (exact) mass is 628 g/mol. The fourth-order valence-electron chi connectivity index (χ4n) is 7.44. The van der Waals surface area contributed by atoms with Crippen LogP contribution in [0.4, 0.5) is 5.69 Å². The van der Waals surface area contributed by atoms with Crippen molar-refractivity contribution in [3.05, 3.63) is 64.2 Å². The Kier molecular flexibility index (Phi) is 9.07. The van der Waals surface area contributed by atoms with Crippen LogP contribution in [0.25, 0.3) is 0 Å². The molecule has 3 heterocycles. The van der Waals surface area contributed by atoms with Gasteiger partial charge >= 0.3 is 5.97 Å². The summed E-state index contributed by atoms with van der Waals surface area (Å²) in [6.45, 7) is 6.17. The number of unbranched alkanes of at least 4 members (excludes halogenated alkanes) is 1. The Hall–Kier alpha value is -2.76. The van der Waals surface area contributed by atoms with Crippen molar-refractivity contribution in [1.29, 1.82) is 0 Å². The standard InChI is InChI=1S/C32H41ClN2O7Si/c1-20-30(43(3,4)40)27(17-28(37)35-18-22-10-6-5-9-21(22)15-24(35)19-36)42-32(20)25-16-23(33)12-13-26(25)34(31(32)39)14-8-7-11-29(38)41-2/h5-6,9-10,12-13,16,20,24,27,30,36,40H,7-8,11,14-15,17-19H2,1-4H3/t20-,24+,27+,30-,32+/m1/s1. The first kappa shape index (κ1) is 31.7. The molecule has 3 aliphatic heterocycles. The third-order valence-electron chi connectivity index (χ3n) is 9.45. The van der Waals surface area contributed by atoms with Gasteiger partial charge < -0.3 is 29.2 Å². The maximum Gasteiger partial charge on any atom is 0.305 e. The van der Waals surface area contributed by atoms with E-state index in [1.807, 2.05) is 50.3 Å². The molecule has 0 saturated carbocycles. The molecule has 2 N–H and O–H groups in total. The van der Waals surface area contributed by atoms with Crippen molar-refractivity contribution in [3.8, 4) is 0 Å². The summed E-state index contributed by atoms with van der Waals surface area (Å²) in [7, 11) is -1.62. The van der Waals surface area contributed by atoms with Crippen molar-refractivity contribution in [1.82, 2.24) is 4.90 Å².